The number of nitrogens with one attached hydrogen (secondary N) is 1. The second-order valence-corrected chi connectivity index (χ2v) is 3.79. The molecule has 1 N–H and O–H groups in total. The normalized spacial score (nSPS) is 19.2. The van der Waals surface area contributed by atoms with E-state index in [2.05, 4.69) is 22.2 Å². The van der Waals surface area contributed by atoms with E-state index in [1.54, 1.807) is 6.20 Å². The van der Waals surface area contributed by atoms with E-state index in [0.29, 0.717) is 18.4 Å². The van der Waals surface area contributed by atoms with Crippen molar-refractivity contribution in [3.63, 3.8) is 0 Å². The van der Waals surface area contributed by atoms with Gasteiger partial charge in [-0.05, 0) is 6.92 Å². The van der Waals surface area contributed by atoms with Crippen molar-refractivity contribution in [2.24, 2.45) is 0 Å². The van der Waals surface area contributed by atoms with Gasteiger partial charge in [-0.1, -0.05) is 11.6 Å². The van der Waals surface area contributed by atoms with Crippen LogP contribution >= 0.6 is 11.6 Å². The Balaban J connectivity index is 2.05. The van der Waals surface area contributed by atoms with Crippen LogP contribution in [-0.2, 0) is 4.74 Å². The van der Waals surface area contributed by atoms with Crippen LogP contribution < -0.4 is 5.32 Å². The van der Waals surface area contributed by atoms with Gasteiger partial charge in [-0.25, -0.2) is 9.97 Å². The SMILES string of the molecule is CC1(Nc2cnc(Cl)cn2)COC1. The Morgan fingerprint density at radius 2 is 2.23 bits per heavy atom. The third kappa shape index (κ3) is 1.89. The summed E-state index contributed by atoms with van der Waals surface area (Å²) in [6.07, 6.45) is 3.14. The number of rotatable bonds is 2. The van der Waals surface area contributed by atoms with Crippen LogP contribution in [0.5, 0.6) is 0 Å². The molecule has 2 rings (SSSR count). The highest BCUT2D eigenvalue weighted by molar-refractivity contribution is 6.29. The second kappa shape index (κ2) is 3.12. The molecule has 4 nitrogen and oxygen atoms in total. The van der Waals surface area contributed by atoms with Crippen LogP contribution in [-0.4, -0.2) is 28.7 Å². The number of ether oxygens (including phenoxy) is 1. The van der Waals surface area contributed by atoms with E-state index < -0.39 is 0 Å². The topological polar surface area (TPSA) is 47.0 Å². The molecule has 0 aliphatic carbocycles. The molecular weight excluding hydrogens is 190 g/mol. The van der Waals surface area contributed by atoms with E-state index in [9.17, 15) is 0 Å². The molecular formula is C8H10ClN3O. The quantitative estimate of drug-likeness (QED) is 0.781. The van der Waals surface area contributed by atoms with Crippen molar-refractivity contribution in [2.75, 3.05) is 18.5 Å². The predicted molar refractivity (Wildman–Crippen MR) is 49.9 cm³/mol. The Kier molecular flexibility index (Phi) is 2.09. The standard InChI is InChI=1S/C8H10ClN3O/c1-8(4-13-5-8)12-7-3-10-6(9)2-11-7/h2-3H,4-5H2,1H3,(H,11,12). The number of halogens is 1. The molecule has 0 atom stereocenters. The minimum Gasteiger partial charge on any atom is -0.376 e. The smallest absolute Gasteiger partial charge is 0.147 e. The number of anilines is 1. The molecule has 0 amide bonds. The first-order valence-corrected chi connectivity index (χ1v) is 4.39. The highest BCUT2D eigenvalue weighted by Gasteiger charge is 2.33. The lowest BCUT2D eigenvalue weighted by molar-refractivity contribution is -0.0320. The summed E-state index contributed by atoms with van der Waals surface area (Å²) in [6, 6.07) is 0. The molecule has 0 radical (unpaired) electrons. The molecule has 1 saturated heterocycles. The third-order valence-corrected chi connectivity index (χ3v) is 2.09. The van der Waals surface area contributed by atoms with E-state index >= 15 is 0 Å². The van der Waals surface area contributed by atoms with Gasteiger partial charge in [0.1, 0.15) is 11.0 Å². The van der Waals surface area contributed by atoms with Crippen molar-refractivity contribution in [1.29, 1.82) is 0 Å². The maximum Gasteiger partial charge on any atom is 0.147 e. The van der Waals surface area contributed by atoms with Gasteiger partial charge < -0.3 is 10.1 Å². The van der Waals surface area contributed by atoms with Gasteiger partial charge in [0.05, 0.1) is 31.1 Å². The van der Waals surface area contributed by atoms with Crippen LogP contribution in [0.2, 0.25) is 5.15 Å². The zero-order valence-corrected chi connectivity index (χ0v) is 8.01. The van der Waals surface area contributed by atoms with E-state index in [4.69, 9.17) is 16.3 Å². The highest BCUT2D eigenvalue weighted by atomic mass is 35.5. The second-order valence-electron chi connectivity index (χ2n) is 3.40. The molecule has 0 bridgehead atoms. The Labute approximate surface area is 81.3 Å². The van der Waals surface area contributed by atoms with Crippen molar-refractivity contribution in [2.45, 2.75) is 12.5 Å². The first kappa shape index (κ1) is 8.72. The molecule has 0 saturated carbocycles. The lowest BCUT2D eigenvalue weighted by Crippen LogP contribution is -2.53. The minimum absolute atomic E-state index is 0.00249. The lowest BCUT2D eigenvalue weighted by Gasteiger charge is -2.38. The summed E-state index contributed by atoms with van der Waals surface area (Å²) < 4.78 is 5.10. The van der Waals surface area contributed by atoms with Gasteiger partial charge in [0.15, 0.2) is 0 Å². The van der Waals surface area contributed by atoms with Gasteiger partial charge in [-0.2, -0.15) is 0 Å². The van der Waals surface area contributed by atoms with E-state index in [1.807, 2.05) is 0 Å². The zero-order valence-electron chi connectivity index (χ0n) is 7.25. The molecule has 0 aromatic carbocycles. The van der Waals surface area contributed by atoms with Gasteiger partial charge >= 0.3 is 0 Å². The minimum atomic E-state index is 0.00249. The van der Waals surface area contributed by atoms with Crippen molar-refractivity contribution in [1.82, 2.24) is 9.97 Å². The van der Waals surface area contributed by atoms with E-state index in [0.717, 1.165) is 5.82 Å². The fraction of sp³-hybridized carbons (Fsp3) is 0.500. The number of hydrogen-bond donors (Lipinski definition) is 1. The fourth-order valence-electron chi connectivity index (χ4n) is 1.17. The summed E-state index contributed by atoms with van der Waals surface area (Å²) in [5.41, 5.74) is 0.00249. The van der Waals surface area contributed by atoms with E-state index in [-0.39, 0.29) is 5.54 Å². The number of nitrogens with zero attached hydrogens (tertiary/aromatic N) is 2. The highest BCUT2D eigenvalue weighted by Crippen LogP contribution is 2.20. The molecule has 1 aliphatic heterocycles. The monoisotopic (exact) mass is 199 g/mol. The molecule has 1 aromatic rings. The molecule has 1 aliphatic rings. The Hall–Kier alpha value is -0.870. The molecule has 2 heterocycles. The molecule has 70 valence electrons. The van der Waals surface area contributed by atoms with Gasteiger partial charge in [-0.15, -0.1) is 0 Å². The third-order valence-electron chi connectivity index (χ3n) is 1.89. The molecule has 0 spiro atoms. The summed E-state index contributed by atoms with van der Waals surface area (Å²) in [7, 11) is 0. The Morgan fingerprint density at radius 1 is 1.46 bits per heavy atom. The van der Waals surface area contributed by atoms with Crippen LogP contribution in [0.3, 0.4) is 0 Å². The first-order chi connectivity index (χ1) is 6.18. The van der Waals surface area contributed by atoms with Gasteiger partial charge in [0, 0.05) is 0 Å². The van der Waals surface area contributed by atoms with Crippen LogP contribution in [0.4, 0.5) is 5.82 Å². The Morgan fingerprint density at radius 3 is 2.69 bits per heavy atom. The van der Waals surface area contributed by atoms with E-state index in [1.165, 1.54) is 6.20 Å². The molecule has 1 fully saturated rings. The molecule has 1 aromatic heterocycles. The predicted octanol–water partition coefficient (Wildman–Crippen LogP) is 1.33. The average Bonchev–Trinajstić information content (AvgIpc) is 2.06. The summed E-state index contributed by atoms with van der Waals surface area (Å²) in [4.78, 5) is 8.01. The zero-order chi connectivity index (χ0) is 9.31. The fourth-order valence-corrected chi connectivity index (χ4v) is 1.26. The molecule has 0 unspecified atom stereocenters. The van der Waals surface area contributed by atoms with Crippen molar-refractivity contribution >= 4 is 17.4 Å². The summed E-state index contributed by atoms with van der Waals surface area (Å²) in [5, 5.41) is 3.63. The van der Waals surface area contributed by atoms with Crippen LogP contribution in [0.1, 0.15) is 6.92 Å². The van der Waals surface area contributed by atoms with Gasteiger partial charge in [-0.3, -0.25) is 0 Å². The lowest BCUT2D eigenvalue weighted by atomic mass is 10.0. The number of hydrogen-bond acceptors (Lipinski definition) is 4. The van der Waals surface area contributed by atoms with Crippen molar-refractivity contribution in [3.8, 4) is 0 Å². The number of aromatic nitrogens is 2. The van der Waals surface area contributed by atoms with Crippen molar-refractivity contribution < 1.29 is 4.74 Å². The van der Waals surface area contributed by atoms with Gasteiger partial charge in [0.2, 0.25) is 0 Å². The maximum atomic E-state index is 5.60. The van der Waals surface area contributed by atoms with Crippen LogP contribution in [0, 0.1) is 0 Å². The summed E-state index contributed by atoms with van der Waals surface area (Å²) in [6.45, 7) is 3.49. The maximum absolute atomic E-state index is 5.60. The summed E-state index contributed by atoms with van der Waals surface area (Å²) in [5.74, 6) is 0.732. The molecule has 13 heavy (non-hydrogen) atoms. The average molecular weight is 200 g/mol. The summed E-state index contributed by atoms with van der Waals surface area (Å²) >= 11 is 5.60. The van der Waals surface area contributed by atoms with Crippen LogP contribution in [0.25, 0.3) is 0 Å². The van der Waals surface area contributed by atoms with Crippen LogP contribution in [0.15, 0.2) is 12.4 Å². The first-order valence-electron chi connectivity index (χ1n) is 4.01. The van der Waals surface area contributed by atoms with Crippen molar-refractivity contribution in [3.05, 3.63) is 17.5 Å². The molecule has 5 heteroatoms. The van der Waals surface area contributed by atoms with Gasteiger partial charge in [0.25, 0.3) is 0 Å². The largest absolute Gasteiger partial charge is 0.376 e. The Bertz CT molecular complexity index is 297.